The lowest BCUT2D eigenvalue weighted by atomic mass is 9.59. The molecule has 9 heteroatoms. The lowest BCUT2D eigenvalue weighted by Gasteiger charge is -2.46. The summed E-state index contributed by atoms with van der Waals surface area (Å²) in [5.41, 5.74) is 4.37. The van der Waals surface area contributed by atoms with Crippen LogP contribution in [0.2, 0.25) is 0 Å². The van der Waals surface area contributed by atoms with Crippen molar-refractivity contribution in [2.45, 2.75) is 31.8 Å². The average Bonchev–Trinajstić information content (AvgIpc) is 3.16. The van der Waals surface area contributed by atoms with Crippen LogP contribution in [0.5, 0.6) is 5.75 Å². The lowest BCUT2D eigenvalue weighted by Crippen LogP contribution is -2.58. The van der Waals surface area contributed by atoms with Gasteiger partial charge in [0.25, 0.3) is 5.91 Å². The van der Waals surface area contributed by atoms with Gasteiger partial charge < -0.3 is 26.2 Å². The third kappa shape index (κ3) is 2.82. The van der Waals surface area contributed by atoms with E-state index in [1.165, 1.54) is 17.4 Å². The maximum Gasteiger partial charge on any atom is 0.255 e. The van der Waals surface area contributed by atoms with E-state index < -0.39 is 52.0 Å². The van der Waals surface area contributed by atoms with E-state index in [0.29, 0.717) is 5.56 Å². The Hall–Kier alpha value is -3.43. The van der Waals surface area contributed by atoms with Crippen molar-refractivity contribution in [3.63, 3.8) is 0 Å². The molecule has 0 spiro atoms. The van der Waals surface area contributed by atoms with Crippen LogP contribution in [-0.2, 0) is 20.8 Å². The van der Waals surface area contributed by atoms with E-state index in [1.54, 1.807) is 6.07 Å². The van der Waals surface area contributed by atoms with Crippen molar-refractivity contribution in [3.8, 4) is 16.2 Å². The molecule has 1 heterocycles. The fourth-order valence-electron chi connectivity index (χ4n) is 5.42. The molecule has 0 bridgehead atoms. The van der Waals surface area contributed by atoms with E-state index in [2.05, 4.69) is 0 Å². The Morgan fingerprint density at radius 3 is 2.55 bits per heavy atom. The molecule has 1 aromatic carbocycles. The SMILES string of the molecule is Cc1csc(-c2ccc(O)c3c2C[C@H]2C[C@H]4CC(=O)C(C(N)=O)=C(O)[C@@]4(O)C(=O)C2=C3O)c1. The van der Waals surface area contributed by atoms with Crippen LogP contribution in [0.15, 0.2) is 40.5 Å². The molecule has 6 N–H and O–H groups in total. The Kier molecular flexibility index (Phi) is 4.56. The number of phenolic OH excluding ortho intramolecular Hbond substituents is 1. The molecule has 3 atom stereocenters. The highest BCUT2D eigenvalue weighted by molar-refractivity contribution is 7.13. The number of rotatable bonds is 2. The summed E-state index contributed by atoms with van der Waals surface area (Å²) in [6.45, 7) is 1.96. The third-order valence-corrected chi connectivity index (χ3v) is 8.02. The number of ketones is 2. The molecule has 33 heavy (non-hydrogen) atoms. The molecule has 0 saturated heterocycles. The molecular weight excluding hydrogens is 446 g/mol. The first kappa shape index (κ1) is 21.4. The number of primary amides is 1. The molecule has 0 aliphatic heterocycles. The number of amides is 1. The molecule has 170 valence electrons. The normalized spacial score (nSPS) is 26.7. The number of aliphatic hydroxyl groups excluding tert-OH is 2. The molecule has 1 amide bonds. The van der Waals surface area contributed by atoms with E-state index >= 15 is 0 Å². The number of nitrogens with two attached hydrogens (primary N) is 1. The maximum absolute atomic E-state index is 13.5. The van der Waals surface area contributed by atoms with Gasteiger partial charge in [0.1, 0.15) is 22.8 Å². The molecule has 3 aliphatic carbocycles. The molecular formula is C24H21NO7S. The highest BCUT2D eigenvalue weighted by Gasteiger charge is 2.60. The number of aliphatic hydroxyl groups is 3. The number of benzene rings is 1. The van der Waals surface area contributed by atoms with Gasteiger partial charge in [0.05, 0.1) is 5.56 Å². The second kappa shape index (κ2) is 7.03. The predicted molar refractivity (Wildman–Crippen MR) is 119 cm³/mol. The molecule has 5 rings (SSSR count). The standard InChI is InChI=1S/C24H21NO7S/c1-9-4-16(33-8-9)12-2-3-14(26)18-13(12)6-10-5-11-7-15(27)19(23(25)31)22(30)24(11,32)21(29)17(10)20(18)28/h2-4,8,10-11,26,28,30,32H,5-7H2,1H3,(H2,25,31)/t10-,11+,24+/m1/s1. The second-order valence-electron chi connectivity index (χ2n) is 8.88. The molecule has 0 unspecified atom stereocenters. The number of hydrogen-bond acceptors (Lipinski definition) is 8. The Bertz CT molecular complexity index is 1330. The Labute approximate surface area is 192 Å². The summed E-state index contributed by atoms with van der Waals surface area (Å²) < 4.78 is 0. The van der Waals surface area contributed by atoms with Gasteiger partial charge in [-0.2, -0.15) is 0 Å². The summed E-state index contributed by atoms with van der Waals surface area (Å²) in [6, 6.07) is 5.19. The minimum Gasteiger partial charge on any atom is -0.508 e. The molecule has 8 nitrogen and oxygen atoms in total. The van der Waals surface area contributed by atoms with Crippen molar-refractivity contribution in [3.05, 3.63) is 57.2 Å². The number of aromatic hydroxyl groups is 1. The van der Waals surface area contributed by atoms with Crippen LogP contribution in [-0.4, -0.2) is 43.5 Å². The fraction of sp³-hybridized carbons (Fsp3) is 0.292. The van der Waals surface area contributed by atoms with Crippen LogP contribution in [0, 0.1) is 18.8 Å². The zero-order valence-corrected chi connectivity index (χ0v) is 18.4. The molecule has 2 aromatic rings. The largest absolute Gasteiger partial charge is 0.508 e. The number of thiophene rings is 1. The van der Waals surface area contributed by atoms with Gasteiger partial charge in [0.2, 0.25) is 5.78 Å². The number of hydrogen-bond donors (Lipinski definition) is 5. The number of aryl methyl sites for hydroxylation is 1. The van der Waals surface area contributed by atoms with E-state index in [4.69, 9.17) is 5.73 Å². The van der Waals surface area contributed by atoms with Gasteiger partial charge >= 0.3 is 0 Å². The van der Waals surface area contributed by atoms with Crippen LogP contribution >= 0.6 is 11.3 Å². The van der Waals surface area contributed by atoms with Crippen LogP contribution in [0.3, 0.4) is 0 Å². The molecule has 3 aliphatic rings. The Morgan fingerprint density at radius 2 is 1.91 bits per heavy atom. The maximum atomic E-state index is 13.5. The van der Waals surface area contributed by atoms with Crippen molar-refractivity contribution in [1.29, 1.82) is 0 Å². The fourth-order valence-corrected chi connectivity index (χ4v) is 6.38. The summed E-state index contributed by atoms with van der Waals surface area (Å²) in [7, 11) is 0. The van der Waals surface area contributed by atoms with Crippen LogP contribution in [0.4, 0.5) is 0 Å². The van der Waals surface area contributed by atoms with Crippen molar-refractivity contribution in [2.75, 3.05) is 0 Å². The molecule has 0 radical (unpaired) electrons. The van der Waals surface area contributed by atoms with Crippen molar-refractivity contribution >= 4 is 34.6 Å². The molecule has 1 saturated carbocycles. The van der Waals surface area contributed by atoms with Gasteiger partial charge in [-0.05, 0) is 66.0 Å². The summed E-state index contributed by atoms with van der Waals surface area (Å²) in [5, 5.41) is 45.5. The monoisotopic (exact) mass is 467 g/mol. The number of carbonyl (C=O) groups is 3. The van der Waals surface area contributed by atoms with E-state index in [-0.39, 0.29) is 36.1 Å². The number of phenols is 1. The summed E-state index contributed by atoms with van der Waals surface area (Å²) in [6.07, 6.45) is 0.0650. The predicted octanol–water partition coefficient (Wildman–Crippen LogP) is 2.46. The van der Waals surface area contributed by atoms with Crippen molar-refractivity contribution in [1.82, 2.24) is 0 Å². The van der Waals surface area contributed by atoms with Gasteiger partial charge in [0.15, 0.2) is 11.4 Å². The number of Topliss-reactive ketones (excluding diaryl/α,β-unsaturated/α-hetero) is 2. The third-order valence-electron chi connectivity index (χ3n) is 6.94. The second-order valence-corrected chi connectivity index (χ2v) is 9.79. The Balaban J connectivity index is 1.71. The van der Waals surface area contributed by atoms with Crippen molar-refractivity contribution < 1.29 is 34.8 Å². The minimum absolute atomic E-state index is 0.102. The zero-order chi connectivity index (χ0) is 23.8. The average molecular weight is 467 g/mol. The quantitative estimate of drug-likeness (QED) is 0.424. The molecule has 1 fully saturated rings. The van der Waals surface area contributed by atoms with E-state index in [9.17, 15) is 34.8 Å². The highest BCUT2D eigenvalue weighted by Crippen LogP contribution is 2.53. The zero-order valence-electron chi connectivity index (χ0n) is 17.6. The summed E-state index contributed by atoms with van der Waals surface area (Å²) in [4.78, 5) is 38.5. The van der Waals surface area contributed by atoms with Crippen LogP contribution in [0.1, 0.15) is 29.5 Å². The summed E-state index contributed by atoms with van der Waals surface area (Å²) >= 11 is 1.52. The van der Waals surface area contributed by atoms with Gasteiger partial charge in [0, 0.05) is 22.8 Å². The van der Waals surface area contributed by atoms with Crippen LogP contribution < -0.4 is 5.73 Å². The van der Waals surface area contributed by atoms with Crippen molar-refractivity contribution in [2.24, 2.45) is 17.6 Å². The van der Waals surface area contributed by atoms with Crippen LogP contribution in [0.25, 0.3) is 16.2 Å². The number of carbonyl (C=O) groups excluding carboxylic acids is 3. The molecule has 1 aromatic heterocycles. The first-order valence-electron chi connectivity index (χ1n) is 10.4. The van der Waals surface area contributed by atoms with Gasteiger partial charge in [-0.3, -0.25) is 14.4 Å². The van der Waals surface area contributed by atoms with E-state index in [1.807, 2.05) is 18.4 Å². The first-order chi connectivity index (χ1) is 15.6. The smallest absolute Gasteiger partial charge is 0.255 e. The minimum atomic E-state index is -2.55. The van der Waals surface area contributed by atoms with Gasteiger partial charge in [-0.15, -0.1) is 11.3 Å². The Morgan fingerprint density at radius 1 is 1.18 bits per heavy atom. The van der Waals surface area contributed by atoms with E-state index in [0.717, 1.165) is 16.0 Å². The summed E-state index contributed by atoms with van der Waals surface area (Å²) in [5.74, 6) is -6.26. The highest BCUT2D eigenvalue weighted by atomic mass is 32.1. The van der Waals surface area contributed by atoms with Gasteiger partial charge in [-0.1, -0.05) is 0 Å². The lowest BCUT2D eigenvalue weighted by molar-refractivity contribution is -0.147. The first-order valence-corrected chi connectivity index (χ1v) is 11.3. The topological polar surface area (TPSA) is 158 Å². The number of fused-ring (bicyclic) bond motifs is 3. The van der Waals surface area contributed by atoms with Gasteiger partial charge in [-0.25, -0.2) is 0 Å².